The first-order valence-corrected chi connectivity index (χ1v) is 10.9. The number of rotatable bonds is 6. The summed E-state index contributed by atoms with van der Waals surface area (Å²) in [5.41, 5.74) is 2.74. The van der Waals surface area contributed by atoms with Crippen LogP contribution < -0.4 is 0 Å². The second-order valence-electron chi connectivity index (χ2n) is 8.98. The largest absolute Gasteiger partial charge is 0.335 e. The number of amides is 2. The fourth-order valence-corrected chi connectivity index (χ4v) is 4.14. The summed E-state index contributed by atoms with van der Waals surface area (Å²) in [7, 11) is 3.64. The van der Waals surface area contributed by atoms with E-state index in [4.69, 9.17) is 0 Å². The normalized spacial score (nSPS) is 19.3. The molecular formula is C22H34N6O2. The van der Waals surface area contributed by atoms with Gasteiger partial charge in [0, 0.05) is 25.5 Å². The van der Waals surface area contributed by atoms with Gasteiger partial charge >= 0.3 is 0 Å². The summed E-state index contributed by atoms with van der Waals surface area (Å²) in [6.45, 7) is 8.23. The fraction of sp³-hybridized carbons (Fsp3) is 0.636. The van der Waals surface area contributed by atoms with Crippen LogP contribution in [0.2, 0.25) is 0 Å². The molecule has 1 aliphatic carbocycles. The predicted octanol–water partition coefficient (Wildman–Crippen LogP) is 3.54. The van der Waals surface area contributed by atoms with Crippen molar-refractivity contribution in [1.82, 2.24) is 30.2 Å². The highest BCUT2D eigenvalue weighted by molar-refractivity contribution is 5.93. The lowest BCUT2D eigenvalue weighted by Crippen LogP contribution is -2.54. The molecule has 0 aromatic carbocycles. The summed E-state index contributed by atoms with van der Waals surface area (Å²) >= 11 is 0. The van der Waals surface area contributed by atoms with Crippen molar-refractivity contribution in [1.29, 1.82) is 0 Å². The first-order valence-electron chi connectivity index (χ1n) is 10.9. The van der Waals surface area contributed by atoms with Crippen LogP contribution in [0.15, 0.2) is 12.1 Å². The Morgan fingerprint density at radius 3 is 1.50 bits per heavy atom. The zero-order valence-electron chi connectivity index (χ0n) is 18.9. The molecule has 8 heteroatoms. The van der Waals surface area contributed by atoms with Gasteiger partial charge in [0.05, 0.1) is 12.1 Å². The molecule has 2 atom stereocenters. The molecular weight excluding hydrogens is 380 g/mol. The summed E-state index contributed by atoms with van der Waals surface area (Å²) < 4.78 is 0. The number of aromatic nitrogens is 4. The molecule has 0 bridgehead atoms. The van der Waals surface area contributed by atoms with Gasteiger partial charge in [-0.2, -0.15) is 10.2 Å². The van der Waals surface area contributed by atoms with Crippen LogP contribution in [0, 0.1) is 0 Å². The maximum Gasteiger partial charge on any atom is 0.274 e. The van der Waals surface area contributed by atoms with Gasteiger partial charge in [-0.15, -0.1) is 0 Å². The molecule has 2 heterocycles. The summed E-state index contributed by atoms with van der Waals surface area (Å²) in [5.74, 6) is 0.329. The van der Waals surface area contributed by atoms with E-state index in [1.54, 1.807) is 9.80 Å². The van der Waals surface area contributed by atoms with Crippen LogP contribution in [-0.2, 0) is 0 Å². The Labute approximate surface area is 178 Å². The van der Waals surface area contributed by atoms with E-state index in [0.29, 0.717) is 11.4 Å². The highest BCUT2D eigenvalue weighted by Crippen LogP contribution is 2.28. The van der Waals surface area contributed by atoms with Crippen LogP contribution in [-0.4, -0.2) is 68.2 Å². The Morgan fingerprint density at radius 2 is 1.20 bits per heavy atom. The molecule has 3 rings (SSSR count). The molecule has 164 valence electrons. The lowest BCUT2D eigenvalue weighted by molar-refractivity contribution is 0.0415. The zero-order valence-corrected chi connectivity index (χ0v) is 18.9. The molecule has 2 aromatic rings. The third kappa shape index (κ3) is 4.42. The second-order valence-corrected chi connectivity index (χ2v) is 8.98. The molecule has 0 unspecified atom stereocenters. The van der Waals surface area contributed by atoms with Gasteiger partial charge in [0.2, 0.25) is 0 Å². The van der Waals surface area contributed by atoms with Gasteiger partial charge in [-0.25, -0.2) is 0 Å². The van der Waals surface area contributed by atoms with E-state index in [9.17, 15) is 9.59 Å². The number of hydrogen-bond acceptors (Lipinski definition) is 4. The van der Waals surface area contributed by atoms with Crippen molar-refractivity contribution in [3.63, 3.8) is 0 Å². The number of carbonyl (C=O) groups excluding carboxylic acids is 2. The average molecular weight is 415 g/mol. The van der Waals surface area contributed by atoms with Crippen molar-refractivity contribution in [3.05, 3.63) is 34.9 Å². The number of aromatic amines is 2. The van der Waals surface area contributed by atoms with Crippen LogP contribution in [0.1, 0.15) is 97.6 Å². The van der Waals surface area contributed by atoms with Gasteiger partial charge in [0.1, 0.15) is 11.4 Å². The summed E-state index contributed by atoms with van der Waals surface area (Å²) in [6, 6.07) is 3.55. The number of hydrogen-bond donors (Lipinski definition) is 2. The molecule has 1 fully saturated rings. The van der Waals surface area contributed by atoms with Gasteiger partial charge in [-0.1, -0.05) is 40.5 Å². The third-order valence-electron chi connectivity index (χ3n) is 6.21. The van der Waals surface area contributed by atoms with Crippen molar-refractivity contribution in [2.75, 3.05) is 14.1 Å². The van der Waals surface area contributed by atoms with Crippen molar-refractivity contribution < 1.29 is 9.59 Å². The number of likely N-dealkylation sites (N-methyl/N-ethyl adjacent to an activating group) is 2. The maximum absolute atomic E-state index is 13.1. The summed E-state index contributed by atoms with van der Waals surface area (Å²) in [5, 5.41) is 14.3. The topological polar surface area (TPSA) is 98.0 Å². The van der Waals surface area contributed by atoms with Crippen LogP contribution in [0.25, 0.3) is 0 Å². The van der Waals surface area contributed by atoms with E-state index >= 15 is 0 Å². The number of nitrogens with one attached hydrogen (secondary N) is 2. The molecule has 30 heavy (non-hydrogen) atoms. The molecule has 0 spiro atoms. The van der Waals surface area contributed by atoms with E-state index < -0.39 is 0 Å². The Balaban J connectivity index is 1.77. The number of nitrogens with zero attached hydrogens (tertiary/aromatic N) is 4. The minimum Gasteiger partial charge on any atom is -0.335 e. The quantitative estimate of drug-likeness (QED) is 0.755. The first-order chi connectivity index (χ1) is 14.2. The van der Waals surface area contributed by atoms with E-state index in [-0.39, 0.29) is 35.7 Å². The molecule has 2 amide bonds. The van der Waals surface area contributed by atoms with Crippen LogP contribution in [0.5, 0.6) is 0 Å². The van der Waals surface area contributed by atoms with Gasteiger partial charge < -0.3 is 9.80 Å². The van der Waals surface area contributed by atoms with E-state index in [1.807, 2.05) is 26.2 Å². The maximum atomic E-state index is 13.1. The Bertz CT molecular complexity index is 812. The number of carbonyl (C=O) groups is 2. The van der Waals surface area contributed by atoms with Crippen molar-refractivity contribution in [3.8, 4) is 0 Å². The SMILES string of the molecule is CC(C)c1cc(C(=O)N(C)[C@@H]2CCCC[C@H]2N(C)C(=O)c2cc(C(C)C)[nH]n2)n[nH]1. The van der Waals surface area contributed by atoms with Gasteiger partial charge in [-0.3, -0.25) is 19.8 Å². The lowest BCUT2D eigenvalue weighted by atomic mass is 9.88. The molecule has 0 saturated heterocycles. The number of H-pyrrole nitrogens is 2. The van der Waals surface area contributed by atoms with E-state index in [1.165, 1.54) is 0 Å². The Kier molecular flexibility index (Phi) is 6.63. The average Bonchev–Trinajstić information content (AvgIpc) is 3.41. The monoisotopic (exact) mass is 414 g/mol. The van der Waals surface area contributed by atoms with Crippen molar-refractivity contribution >= 4 is 11.8 Å². The molecule has 8 nitrogen and oxygen atoms in total. The van der Waals surface area contributed by atoms with Crippen molar-refractivity contribution in [2.24, 2.45) is 0 Å². The second kappa shape index (κ2) is 9.02. The summed E-state index contributed by atoms with van der Waals surface area (Å²) in [6.07, 6.45) is 3.81. The molecule has 0 aliphatic heterocycles. The van der Waals surface area contributed by atoms with Gasteiger partial charge in [0.15, 0.2) is 0 Å². The molecule has 2 aromatic heterocycles. The van der Waals surface area contributed by atoms with Crippen LogP contribution in [0.4, 0.5) is 0 Å². The first kappa shape index (κ1) is 22.1. The molecule has 1 saturated carbocycles. The highest BCUT2D eigenvalue weighted by atomic mass is 16.2. The third-order valence-corrected chi connectivity index (χ3v) is 6.21. The predicted molar refractivity (Wildman–Crippen MR) is 116 cm³/mol. The highest BCUT2D eigenvalue weighted by Gasteiger charge is 2.36. The van der Waals surface area contributed by atoms with Crippen molar-refractivity contribution in [2.45, 2.75) is 77.3 Å². The van der Waals surface area contributed by atoms with Crippen LogP contribution in [0.3, 0.4) is 0 Å². The minimum atomic E-state index is -0.113. The minimum absolute atomic E-state index is 0.0529. The van der Waals surface area contributed by atoms with Crippen LogP contribution >= 0.6 is 0 Å². The summed E-state index contributed by atoms with van der Waals surface area (Å²) in [4.78, 5) is 29.7. The molecule has 2 N–H and O–H groups in total. The Morgan fingerprint density at radius 1 is 0.833 bits per heavy atom. The Hall–Kier alpha value is -2.64. The van der Waals surface area contributed by atoms with Gasteiger partial charge in [-0.05, 0) is 36.8 Å². The zero-order chi connectivity index (χ0) is 22.0. The van der Waals surface area contributed by atoms with Gasteiger partial charge in [0.25, 0.3) is 11.8 Å². The molecule has 1 aliphatic rings. The fourth-order valence-electron chi connectivity index (χ4n) is 4.14. The van der Waals surface area contributed by atoms with E-state index in [2.05, 4.69) is 48.1 Å². The standard InChI is InChI=1S/C22H34N6O2/c1-13(2)15-11-17(25-23-15)21(29)27(5)19-9-7-8-10-20(19)28(6)22(30)18-12-16(14(3)4)24-26-18/h11-14,19-20H,7-10H2,1-6H3,(H,23,25)(H,24,26)/t19-,20-/m1/s1. The van der Waals surface area contributed by atoms with E-state index in [0.717, 1.165) is 37.1 Å². The smallest absolute Gasteiger partial charge is 0.274 e. The molecule has 0 radical (unpaired) electrons. The lowest BCUT2D eigenvalue weighted by Gasteiger charge is -2.42.